The molecule has 0 amide bonds. The quantitative estimate of drug-likeness (QED) is 0.503. The molecular weight excluding hydrogens is 184 g/mol. The molecule has 0 unspecified atom stereocenters. The van der Waals surface area contributed by atoms with Gasteiger partial charge in [-0.25, -0.2) is 4.42 Å². The molecule has 0 fully saturated rings. The lowest BCUT2D eigenvalue weighted by Crippen LogP contribution is -2.07. The second kappa shape index (κ2) is 3.20. The Morgan fingerprint density at radius 2 is 1.73 bits per heavy atom. The van der Waals surface area contributed by atoms with Gasteiger partial charge in [0.05, 0.1) is 12.0 Å². The van der Waals surface area contributed by atoms with Crippen molar-refractivity contribution in [1.82, 2.24) is 0 Å². The van der Waals surface area contributed by atoms with Gasteiger partial charge >= 0.3 is 12.0 Å². The summed E-state index contributed by atoms with van der Waals surface area (Å²) in [6.07, 6.45) is 3.79. The fraction of sp³-hybridized carbons (Fsp3) is 0.214. The lowest BCUT2D eigenvalue weighted by Gasteiger charge is -2.12. The van der Waals surface area contributed by atoms with Crippen LogP contribution in [0.15, 0.2) is 41.0 Å². The van der Waals surface area contributed by atoms with Crippen LogP contribution in [0.1, 0.15) is 28.0 Å². The van der Waals surface area contributed by atoms with E-state index in [0.29, 0.717) is 0 Å². The number of hydrogen-bond acceptors (Lipinski definition) is 0. The Morgan fingerprint density at radius 1 is 1.00 bits per heavy atom. The summed E-state index contributed by atoms with van der Waals surface area (Å²) in [6.45, 7) is 2.07. The molecular formula is C14H13O+. The Hall–Kier alpha value is -1.63. The van der Waals surface area contributed by atoms with Crippen molar-refractivity contribution >= 4 is 0 Å². The minimum absolute atomic E-state index is 0.936. The molecule has 0 aliphatic heterocycles. The topological polar surface area (TPSA) is 11.3 Å². The molecule has 1 aliphatic rings. The normalized spacial score (nSPS) is 13.1. The molecule has 0 bridgehead atoms. The van der Waals surface area contributed by atoms with Gasteiger partial charge in [0.15, 0.2) is 0 Å². The molecule has 0 saturated carbocycles. The third-order valence-corrected chi connectivity index (χ3v) is 3.00. The van der Waals surface area contributed by atoms with Gasteiger partial charge in [0.1, 0.15) is 0 Å². The first kappa shape index (κ1) is 8.66. The molecule has 0 saturated heterocycles. The van der Waals surface area contributed by atoms with Crippen LogP contribution in [0.4, 0.5) is 0 Å². The Balaban J connectivity index is 2.11. The summed E-state index contributed by atoms with van der Waals surface area (Å²) in [5.74, 6) is 1.12. The van der Waals surface area contributed by atoms with Crippen molar-refractivity contribution < 1.29 is 4.42 Å². The predicted molar refractivity (Wildman–Crippen MR) is 59.9 cm³/mol. The maximum Gasteiger partial charge on any atom is 0.336 e. The molecule has 1 aliphatic carbocycles. The van der Waals surface area contributed by atoms with E-state index in [1.807, 2.05) is 6.26 Å². The van der Waals surface area contributed by atoms with E-state index in [1.165, 1.54) is 22.3 Å². The van der Waals surface area contributed by atoms with E-state index in [1.54, 1.807) is 0 Å². The van der Waals surface area contributed by atoms with Gasteiger partial charge in [0.2, 0.25) is 0 Å². The number of aryl methyl sites for hydroxylation is 1. The van der Waals surface area contributed by atoms with Gasteiger partial charge in [-0.3, -0.25) is 0 Å². The number of hydrogen-bond donors (Lipinski definition) is 0. The average molecular weight is 197 g/mol. The van der Waals surface area contributed by atoms with Crippen LogP contribution >= 0.6 is 0 Å². The van der Waals surface area contributed by atoms with Crippen LogP contribution in [0.25, 0.3) is 0 Å². The maximum atomic E-state index is 5.64. The molecule has 74 valence electrons. The van der Waals surface area contributed by atoms with Crippen molar-refractivity contribution in [3.05, 3.63) is 64.6 Å². The minimum atomic E-state index is 0.936. The monoisotopic (exact) mass is 197 g/mol. The molecule has 0 spiro atoms. The molecule has 1 heterocycles. The average Bonchev–Trinajstić information content (AvgIpc) is 2.26. The van der Waals surface area contributed by atoms with E-state index in [9.17, 15) is 0 Å². The van der Waals surface area contributed by atoms with Crippen LogP contribution in [0, 0.1) is 6.92 Å². The van der Waals surface area contributed by atoms with Gasteiger partial charge in [0.25, 0.3) is 0 Å². The van der Waals surface area contributed by atoms with E-state index in [0.717, 1.165) is 18.6 Å². The largest absolute Gasteiger partial charge is 0.336 e. The van der Waals surface area contributed by atoms with E-state index < -0.39 is 0 Å². The van der Waals surface area contributed by atoms with Crippen LogP contribution < -0.4 is 0 Å². The highest BCUT2D eigenvalue weighted by molar-refractivity contribution is 5.41. The number of benzene rings is 1. The third-order valence-electron chi connectivity index (χ3n) is 3.00. The third kappa shape index (κ3) is 1.44. The number of rotatable bonds is 0. The van der Waals surface area contributed by atoms with Crippen molar-refractivity contribution in [3.8, 4) is 0 Å². The van der Waals surface area contributed by atoms with Gasteiger partial charge in [0, 0.05) is 12.0 Å². The van der Waals surface area contributed by atoms with Gasteiger partial charge in [-0.1, -0.05) is 24.3 Å². The zero-order valence-electron chi connectivity index (χ0n) is 8.79. The Kier molecular flexibility index (Phi) is 1.84. The fourth-order valence-electron chi connectivity index (χ4n) is 2.21. The summed E-state index contributed by atoms with van der Waals surface area (Å²) in [4.78, 5) is 0. The summed E-state index contributed by atoms with van der Waals surface area (Å²) in [6, 6.07) is 10.8. The van der Waals surface area contributed by atoms with E-state index in [2.05, 4.69) is 37.3 Å². The Labute approximate surface area is 89.4 Å². The first-order chi connectivity index (χ1) is 7.33. The standard InChI is InChI=1S/C14H13O/c1-10-6-13-7-11-4-2-3-5-12(11)8-14(13)15-9-10/h2-6,9H,7-8H2,1H3/q+1. The highest BCUT2D eigenvalue weighted by Gasteiger charge is 2.23. The zero-order chi connectivity index (χ0) is 10.3. The van der Waals surface area contributed by atoms with E-state index in [-0.39, 0.29) is 0 Å². The summed E-state index contributed by atoms with van der Waals surface area (Å²) in [7, 11) is 0. The van der Waals surface area contributed by atoms with Crippen molar-refractivity contribution in [3.63, 3.8) is 0 Å². The second-order valence-corrected chi connectivity index (χ2v) is 4.19. The fourth-order valence-corrected chi connectivity index (χ4v) is 2.21. The molecule has 0 N–H and O–H groups in total. The van der Waals surface area contributed by atoms with Crippen molar-refractivity contribution in [2.45, 2.75) is 19.8 Å². The summed E-state index contributed by atoms with van der Waals surface area (Å²) < 4.78 is 5.64. The van der Waals surface area contributed by atoms with Crippen LogP contribution in [0.5, 0.6) is 0 Å². The predicted octanol–water partition coefficient (Wildman–Crippen LogP) is 3.36. The van der Waals surface area contributed by atoms with Crippen LogP contribution in [-0.2, 0) is 12.8 Å². The van der Waals surface area contributed by atoms with Crippen LogP contribution in [0.3, 0.4) is 0 Å². The molecule has 0 radical (unpaired) electrons. The molecule has 3 rings (SSSR count). The smallest absolute Gasteiger partial charge is 0.220 e. The van der Waals surface area contributed by atoms with Crippen LogP contribution in [-0.4, -0.2) is 0 Å². The summed E-state index contributed by atoms with van der Waals surface area (Å²) >= 11 is 0. The summed E-state index contributed by atoms with van der Waals surface area (Å²) in [5, 5.41) is 0. The SMILES string of the molecule is Cc1c[o+]c2c(c1)Cc1ccccc1C2. The van der Waals surface area contributed by atoms with Gasteiger partial charge < -0.3 is 0 Å². The Morgan fingerprint density at radius 3 is 2.53 bits per heavy atom. The van der Waals surface area contributed by atoms with Crippen LogP contribution in [0.2, 0.25) is 0 Å². The van der Waals surface area contributed by atoms with Crippen molar-refractivity contribution in [2.24, 2.45) is 0 Å². The first-order valence-electron chi connectivity index (χ1n) is 5.30. The zero-order valence-corrected chi connectivity index (χ0v) is 8.79. The van der Waals surface area contributed by atoms with Crippen molar-refractivity contribution in [1.29, 1.82) is 0 Å². The lowest BCUT2D eigenvalue weighted by molar-refractivity contribution is 0.487. The maximum absolute atomic E-state index is 5.64. The lowest BCUT2D eigenvalue weighted by atomic mass is 9.89. The van der Waals surface area contributed by atoms with E-state index in [4.69, 9.17) is 4.42 Å². The molecule has 1 aromatic heterocycles. The Bertz CT molecular complexity index is 514. The highest BCUT2D eigenvalue weighted by atomic mass is 16.3. The number of fused-ring (bicyclic) bond motifs is 2. The molecule has 1 nitrogen and oxygen atoms in total. The molecule has 1 heteroatoms. The van der Waals surface area contributed by atoms with Gasteiger partial charge in [-0.15, -0.1) is 0 Å². The minimum Gasteiger partial charge on any atom is -0.220 e. The molecule has 15 heavy (non-hydrogen) atoms. The highest BCUT2D eigenvalue weighted by Crippen LogP contribution is 2.27. The first-order valence-corrected chi connectivity index (χ1v) is 5.30. The van der Waals surface area contributed by atoms with Gasteiger partial charge in [-0.05, 0) is 24.1 Å². The van der Waals surface area contributed by atoms with E-state index >= 15 is 0 Å². The van der Waals surface area contributed by atoms with Gasteiger partial charge in [-0.2, -0.15) is 0 Å². The second-order valence-electron chi connectivity index (χ2n) is 4.19. The molecule has 2 aromatic rings. The molecule has 1 aromatic carbocycles. The molecule has 0 atom stereocenters. The summed E-state index contributed by atoms with van der Waals surface area (Å²) in [5.41, 5.74) is 5.38. The van der Waals surface area contributed by atoms with Crippen molar-refractivity contribution in [2.75, 3.05) is 0 Å².